The van der Waals surface area contributed by atoms with Crippen LogP contribution in [0.4, 0.5) is 9.59 Å². The maximum Gasteiger partial charge on any atom is 0.317 e. The molecule has 8 nitrogen and oxygen atoms in total. The zero-order valence-electron chi connectivity index (χ0n) is 14.8. The second kappa shape index (κ2) is 10.1. The number of nitrogens with one attached hydrogen (secondary N) is 3. The van der Waals surface area contributed by atoms with Gasteiger partial charge < -0.3 is 26.0 Å². The van der Waals surface area contributed by atoms with Gasteiger partial charge in [-0.15, -0.1) is 0 Å². The smallest absolute Gasteiger partial charge is 0.317 e. The van der Waals surface area contributed by atoms with E-state index in [9.17, 15) is 14.4 Å². The van der Waals surface area contributed by atoms with E-state index in [1.165, 1.54) is 19.3 Å². The molecule has 0 aromatic heterocycles. The van der Waals surface area contributed by atoms with E-state index in [4.69, 9.17) is 5.11 Å². The zero-order valence-corrected chi connectivity index (χ0v) is 14.8. The first-order valence-corrected chi connectivity index (χ1v) is 9.36. The second-order valence-electron chi connectivity index (χ2n) is 6.94. The Morgan fingerprint density at radius 3 is 2.12 bits per heavy atom. The van der Waals surface area contributed by atoms with E-state index in [0.717, 1.165) is 25.7 Å². The standard InChI is InChI=1S/C17H30N4O4/c22-15(23)7-4-10-18-17(25)21-11-8-14(9-12-21)20-16(24)19-13-5-2-1-3-6-13/h13-14H,1-12H2,(H,18,25)(H,22,23)(H2,19,20,24). The molecule has 0 aromatic rings. The molecule has 0 bridgehead atoms. The average molecular weight is 354 g/mol. The van der Waals surface area contributed by atoms with Gasteiger partial charge in [0.05, 0.1) is 0 Å². The number of rotatable bonds is 6. The monoisotopic (exact) mass is 354 g/mol. The molecular weight excluding hydrogens is 324 g/mol. The average Bonchev–Trinajstić information content (AvgIpc) is 2.60. The van der Waals surface area contributed by atoms with Crippen molar-refractivity contribution in [1.82, 2.24) is 20.9 Å². The topological polar surface area (TPSA) is 111 Å². The highest BCUT2D eigenvalue weighted by Gasteiger charge is 2.24. The molecule has 0 atom stereocenters. The summed E-state index contributed by atoms with van der Waals surface area (Å²) in [5.74, 6) is -0.854. The number of likely N-dealkylation sites (tertiary alicyclic amines) is 1. The summed E-state index contributed by atoms with van der Waals surface area (Å²) in [7, 11) is 0. The molecule has 0 radical (unpaired) electrons. The zero-order chi connectivity index (χ0) is 18.1. The number of carbonyl (C=O) groups is 3. The van der Waals surface area contributed by atoms with Crippen LogP contribution in [-0.4, -0.2) is 59.8 Å². The fourth-order valence-corrected chi connectivity index (χ4v) is 3.43. The predicted octanol–water partition coefficient (Wildman–Crippen LogP) is 1.66. The van der Waals surface area contributed by atoms with Crippen molar-refractivity contribution >= 4 is 18.0 Å². The molecule has 1 aliphatic carbocycles. The molecule has 25 heavy (non-hydrogen) atoms. The summed E-state index contributed by atoms with van der Waals surface area (Å²) in [6, 6.07) is 0.143. The molecule has 0 spiro atoms. The lowest BCUT2D eigenvalue weighted by atomic mass is 9.96. The molecule has 2 fully saturated rings. The Morgan fingerprint density at radius 1 is 0.920 bits per heavy atom. The molecule has 4 amide bonds. The van der Waals surface area contributed by atoms with Gasteiger partial charge >= 0.3 is 18.0 Å². The molecular formula is C17H30N4O4. The first kappa shape index (κ1) is 19.3. The van der Waals surface area contributed by atoms with Crippen molar-refractivity contribution < 1.29 is 19.5 Å². The second-order valence-corrected chi connectivity index (χ2v) is 6.94. The third kappa shape index (κ3) is 7.19. The van der Waals surface area contributed by atoms with E-state index in [2.05, 4.69) is 16.0 Å². The third-order valence-corrected chi connectivity index (χ3v) is 4.90. The van der Waals surface area contributed by atoms with Gasteiger partial charge in [0.25, 0.3) is 0 Å². The largest absolute Gasteiger partial charge is 0.481 e. The Labute approximate surface area is 148 Å². The van der Waals surface area contributed by atoms with Crippen LogP contribution in [0.25, 0.3) is 0 Å². The van der Waals surface area contributed by atoms with Crippen LogP contribution < -0.4 is 16.0 Å². The van der Waals surface area contributed by atoms with Gasteiger partial charge in [-0.3, -0.25) is 4.79 Å². The van der Waals surface area contributed by atoms with Gasteiger partial charge in [0.1, 0.15) is 0 Å². The Bertz CT molecular complexity index is 458. The Morgan fingerprint density at radius 2 is 1.52 bits per heavy atom. The van der Waals surface area contributed by atoms with Crippen molar-refractivity contribution in [3.8, 4) is 0 Å². The summed E-state index contributed by atoms with van der Waals surface area (Å²) in [4.78, 5) is 36.2. The first-order valence-electron chi connectivity index (χ1n) is 9.36. The summed E-state index contributed by atoms with van der Waals surface area (Å²) in [6.45, 7) is 1.56. The SMILES string of the molecule is O=C(O)CCCNC(=O)N1CCC(NC(=O)NC2CCCCC2)CC1. The van der Waals surface area contributed by atoms with Crippen LogP contribution in [0.1, 0.15) is 57.8 Å². The summed E-state index contributed by atoms with van der Waals surface area (Å²) < 4.78 is 0. The van der Waals surface area contributed by atoms with Crippen LogP contribution in [0.5, 0.6) is 0 Å². The summed E-state index contributed by atoms with van der Waals surface area (Å²) in [5.41, 5.74) is 0. The maximum atomic E-state index is 12.1. The van der Waals surface area contributed by atoms with Crippen molar-refractivity contribution in [3.63, 3.8) is 0 Å². The van der Waals surface area contributed by atoms with Gasteiger partial charge in [0.2, 0.25) is 0 Å². The lowest BCUT2D eigenvalue weighted by Gasteiger charge is -2.33. The van der Waals surface area contributed by atoms with E-state index in [1.54, 1.807) is 4.90 Å². The van der Waals surface area contributed by atoms with Crippen molar-refractivity contribution in [2.75, 3.05) is 19.6 Å². The number of carboxylic acids is 1. The normalized spacial score (nSPS) is 19.3. The Balaban J connectivity index is 1.59. The predicted molar refractivity (Wildman–Crippen MR) is 93.4 cm³/mol. The molecule has 142 valence electrons. The number of hydrogen-bond acceptors (Lipinski definition) is 3. The number of carboxylic acid groups (broad SMARTS) is 1. The minimum absolute atomic E-state index is 0.0579. The molecule has 1 aliphatic heterocycles. The molecule has 8 heteroatoms. The van der Waals surface area contributed by atoms with Crippen LogP contribution >= 0.6 is 0 Å². The summed E-state index contributed by atoms with van der Waals surface area (Å²) in [6.07, 6.45) is 7.72. The lowest BCUT2D eigenvalue weighted by Crippen LogP contribution is -2.52. The molecule has 1 heterocycles. The molecule has 1 saturated heterocycles. The van der Waals surface area contributed by atoms with Gasteiger partial charge in [-0.25, -0.2) is 9.59 Å². The molecule has 0 unspecified atom stereocenters. The van der Waals surface area contributed by atoms with E-state index in [0.29, 0.717) is 32.1 Å². The Hall–Kier alpha value is -1.99. The number of carbonyl (C=O) groups excluding carboxylic acids is 2. The highest BCUT2D eigenvalue weighted by Crippen LogP contribution is 2.17. The third-order valence-electron chi connectivity index (χ3n) is 4.90. The number of nitrogens with zero attached hydrogens (tertiary/aromatic N) is 1. The first-order chi connectivity index (χ1) is 12.0. The molecule has 2 aliphatic rings. The molecule has 1 saturated carbocycles. The van der Waals surface area contributed by atoms with E-state index in [-0.39, 0.29) is 24.5 Å². The highest BCUT2D eigenvalue weighted by molar-refractivity contribution is 5.75. The number of aliphatic carboxylic acids is 1. The van der Waals surface area contributed by atoms with E-state index >= 15 is 0 Å². The van der Waals surface area contributed by atoms with Crippen molar-refractivity contribution in [2.45, 2.75) is 69.9 Å². The van der Waals surface area contributed by atoms with Gasteiger partial charge in [0.15, 0.2) is 0 Å². The number of amides is 4. The number of hydrogen-bond donors (Lipinski definition) is 4. The van der Waals surface area contributed by atoms with Crippen molar-refractivity contribution in [1.29, 1.82) is 0 Å². The van der Waals surface area contributed by atoms with Gasteiger partial charge in [-0.1, -0.05) is 19.3 Å². The summed E-state index contributed by atoms with van der Waals surface area (Å²) >= 11 is 0. The maximum absolute atomic E-state index is 12.1. The minimum atomic E-state index is -0.854. The minimum Gasteiger partial charge on any atom is -0.481 e. The van der Waals surface area contributed by atoms with Gasteiger partial charge in [-0.05, 0) is 32.1 Å². The molecule has 4 N–H and O–H groups in total. The van der Waals surface area contributed by atoms with Gasteiger partial charge in [0, 0.05) is 38.1 Å². The van der Waals surface area contributed by atoms with Crippen LogP contribution in [0.3, 0.4) is 0 Å². The van der Waals surface area contributed by atoms with Crippen molar-refractivity contribution in [3.05, 3.63) is 0 Å². The molecule has 2 rings (SSSR count). The quantitative estimate of drug-likeness (QED) is 0.544. The fourth-order valence-electron chi connectivity index (χ4n) is 3.43. The van der Waals surface area contributed by atoms with E-state index < -0.39 is 5.97 Å². The summed E-state index contributed by atoms with van der Waals surface area (Å²) in [5, 5.41) is 17.4. The van der Waals surface area contributed by atoms with Crippen LogP contribution in [-0.2, 0) is 4.79 Å². The van der Waals surface area contributed by atoms with Crippen LogP contribution in [0.15, 0.2) is 0 Å². The number of piperidine rings is 1. The van der Waals surface area contributed by atoms with Crippen LogP contribution in [0.2, 0.25) is 0 Å². The lowest BCUT2D eigenvalue weighted by molar-refractivity contribution is -0.137. The number of urea groups is 2. The van der Waals surface area contributed by atoms with E-state index in [1.807, 2.05) is 0 Å². The highest BCUT2D eigenvalue weighted by atomic mass is 16.4. The van der Waals surface area contributed by atoms with Crippen molar-refractivity contribution in [2.24, 2.45) is 0 Å². The fraction of sp³-hybridized carbons (Fsp3) is 0.824. The van der Waals surface area contributed by atoms with Crippen LogP contribution in [0, 0.1) is 0 Å². The molecule has 0 aromatic carbocycles. The Kier molecular flexibility index (Phi) is 7.81. The van der Waals surface area contributed by atoms with Gasteiger partial charge in [-0.2, -0.15) is 0 Å².